The van der Waals surface area contributed by atoms with Crippen molar-refractivity contribution >= 4 is 17.8 Å². The number of hydrogen-bond acceptors (Lipinski definition) is 8. The van der Waals surface area contributed by atoms with Crippen molar-refractivity contribution in [2.45, 2.75) is 83.5 Å². The quantitative estimate of drug-likeness (QED) is 0.317. The Hall–Kier alpha value is -4.63. The first kappa shape index (κ1) is 34.2. The van der Waals surface area contributed by atoms with Crippen molar-refractivity contribution in [2.75, 3.05) is 39.0 Å². The number of carbonyl (C=O) groups excluding carboxylic acids is 2. The number of benzene rings is 2. The van der Waals surface area contributed by atoms with Crippen molar-refractivity contribution in [3.63, 3.8) is 0 Å². The number of nitrogens with zero attached hydrogens (tertiary/aromatic N) is 5. The van der Waals surface area contributed by atoms with Gasteiger partial charge in [0.2, 0.25) is 0 Å². The van der Waals surface area contributed by atoms with Gasteiger partial charge in [0, 0.05) is 49.7 Å². The van der Waals surface area contributed by atoms with Gasteiger partial charge in [-0.3, -0.25) is 4.79 Å². The minimum absolute atomic E-state index is 0.107. The van der Waals surface area contributed by atoms with Gasteiger partial charge in [-0.2, -0.15) is 10.4 Å². The largest absolute Gasteiger partial charge is 0.496 e. The van der Waals surface area contributed by atoms with Crippen molar-refractivity contribution in [2.24, 2.45) is 5.41 Å². The summed E-state index contributed by atoms with van der Waals surface area (Å²) in [4.78, 5) is 29.6. The molecule has 6 rings (SSSR count). The Morgan fingerprint density at radius 2 is 1.73 bits per heavy atom. The van der Waals surface area contributed by atoms with Crippen LogP contribution in [0, 0.1) is 22.6 Å². The molecule has 2 saturated heterocycles. The van der Waals surface area contributed by atoms with Crippen LogP contribution < -0.4 is 15.8 Å². The fourth-order valence-electron chi connectivity index (χ4n) is 7.56. The number of anilines is 1. The maximum atomic E-state index is 13.7. The van der Waals surface area contributed by atoms with Gasteiger partial charge in [-0.25, -0.2) is 13.9 Å². The molecule has 1 spiro atoms. The van der Waals surface area contributed by atoms with Gasteiger partial charge in [-0.1, -0.05) is 24.3 Å². The van der Waals surface area contributed by atoms with E-state index in [0.717, 1.165) is 81.9 Å². The minimum Gasteiger partial charge on any atom is -0.496 e. The number of nitriles is 1. The molecule has 2 aliphatic heterocycles. The number of aromatic nitrogens is 2. The summed E-state index contributed by atoms with van der Waals surface area (Å²) in [6.07, 6.45) is 6.13. The Kier molecular flexibility index (Phi) is 9.58. The Morgan fingerprint density at radius 3 is 2.35 bits per heavy atom. The number of methoxy groups -OCH3 is 1. The highest BCUT2D eigenvalue weighted by atomic mass is 19.1. The fourth-order valence-corrected chi connectivity index (χ4v) is 7.56. The molecule has 0 atom stereocenters. The summed E-state index contributed by atoms with van der Waals surface area (Å²) in [5.74, 6) is -0.283. The van der Waals surface area contributed by atoms with Gasteiger partial charge < -0.3 is 30.3 Å². The molecule has 3 N–H and O–H groups in total. The number of rotatable bonds is 7. The van der Waals surface area contributed by atoms with E-state index in [1.165, 1.54) is 19.2 Å². The third-order valence-corrected chi connectivity index (χ3v) is 10.2. The van der Waals surface area contributed by atoms with Gasteiger partial charge in [0.1, 0.15) is 40.3 Å². The summed E-state index contributed by atoms with van der Waals surface area (Å²) in [5.41, 5.74) is 8.91. The van der Waals surface area contributed by atoms with E-state index in [4.69, 9.17) is 20.3 Å². The maximum Gasteiger partial charge on any atom is 0.410 e. The maximum absolute atomic E-state index is 13.7. The molecule has 2 aromatic carbocycles. The summed E-state index contributed by atoms with van der Waals surface area (Å²) < 4.78 is 26.3. The smallest absolute Gasteiger partial charge is 0.410 e. The van der Waals surface area contributed by atoms with Gasteiger partial charge in [-0.05, 0) is 83.1 Å². The molecule has 0 bridgehead atoms. The normalized spacial score (nSPS) is 18.5. The predicted molar refractivity (Wildman–Crippen MR) is 183 cm³/mol. The zero-order chi connectivity index (χ0) is 34.9. The fraction of sp³-hybridized carbons (Fsp3) is 0.514. The lowest BCUT2D eigenvalue weighted by atomic mass is 9.67. The van der Waals surface area contributed by atoms with E-state index in [1.54, 1.807) is 0 Å². The van der Waals surface area contributed by atoms with E-state index >= 15 is 0 Å². The Morgan fingerprint density at radius 1 is 1.06 bits per heavy atom. The molecule has 12 heteroatoms. The Bertz CT molecular complexity index is 1720. The number of nitrogens with one attached hydrogen (secondary N) is 1. The molecule has 0 unspecified atom stereocenters. The molecule has 260 valence electrons. The van der Waals surface area contributed by atoms with E-state index < -0.39 is 17.3 Å². The lowest BCUT2D eigenvalue weighted by Gasteiger charge is -2.54. The second-order valence-electron chi connectivity index (χ2n) is 14.7. The van der Waals surface area contributed by atoms with Crippen molar-refractivity contribution in [3.05, 3.63) is 65.0 Å². The molecule has 1 saturated carbocycles. The summed E-state index contributed by atoms with van der Waals surface area (Å²) in [6.45, 7) is 9.42. The van der Waals surface area contributed by atoms with Crippen LogP contribution in [-0.4, -0.2) is 76.5 Å². The molecule has 3 aromatic rings. The monoisotopic (exact) mass is 671 g/mol. The van der Waals surface area contributed by atoms with Crippen molar-refractivity contribution in [3.8, 4) is 23.1 Å². The van der Waals surface area contributed by atoms with Gasteiger partial charge in [0.25, 0.3) is 5.91 Å². The molecular weight excluding hydrogens is 625 g/mol. The average Bonchev–Trinajstić information content (AvgIpc) is 3.41. The number of ether oxygens (including phenoxy) is 2. The van der Waals surface area contributed by atoms with Gasteiger partial charge in [0.05, 0.1) is 18.7 Å². The second kappa shape index (κ2) is 13.7. The molecule has 49 heavy (non-hydrogen) atoms. The van der Waals surface area contributed by atoms with E-state index in [9.17, 15) is 19.2 Å². The molecule has 11 nitrogen and oxygen atoms in total. The van der Waals surface area contributed by atoms with Crippen LogP contribution in [0.4, 0.5) is 15.0 Å². The number of nitrogen functional groups attached to an aromatic ring is 1. The zero-order valence-corrected chi connectivity index (χ0v) is 28.8. The van der Waals surface area contributed by atoms with Crippen LogP contribution in [0.5, 0.6) is 5.75 Å². The third-order valence-electron chi connectivity index (χ3n) is 10.2. The van der Waals surface area contributed by atoms with Crippen LogP contribution in [0.25, 0.3) is 11.3 Å². The molecule has 1 aromatic heterocycles. The SMILES string of the molecule is COc1ccc(F)cc1C(=O)NCc1ccc(-c2nn(C3CCN(C4CCC5(CC4)CN(C(=O)OC(C)(C)C)C5)CC3)c(N)c2C#N)cc1. The first-order chi connectivity index (χ1) is 23.4. The highest BCUT2D eigenvalue weighted by molar-refractivity contribution is 5.96. The van der Waals surface area contributed by atoms with Crippen LogP contribution in [0.3, 0.4) is 0 Å². The van der Waals surface area contributed by atoms with E-state index in [2.05, 4.69) is 16.3 Å². The molecule has 3 fully saturated rings. The average molecular weight is 672 g/mol. The second-order valence-corrected chi connectivity index (χ2v) is 14.7. The van der Waals surface area contributed by atoms with Gasteiger partial charge in [-0.15, -0.1) is 0 Å². The molecule has 2 amide bonds. The summed E-state index contributed by atoms with van der Waals surface area (Å²) in [7, 11) is 1.43. The van der Waals surface area contributed by atoms with Crippen molar-refractivity contribution < 1.29 is 23.5 Å². The molecule has 3 aliphatic rings. The van der Waals surface area contributed by atoms with E-state index in [1.807, 2.05) is 54.6 Å². The standard InChI is InChI=1S/C37H46FN7O4/c1-36(2,3)49-35(47)44-22-37(23-44)15-11-27(12-16-37)43-17-13-28(14-18-43)45-33(40)30(20-39)32(42-45)25-7-5-24(6-8-25)21-41-34(46)29-19-26(38)9-10-31(29)48-4/h5-10,19,27-28H,11-18,21-23,40H2,1-4H3,(H,41,46). The summed E-state index contributed by atoms with van der Waals surface area (Å²) in [5, 5.41) is 17.7. The van der Waals surface area contributed by atoms with E-state index in [0.29, 0.717) is 28.9 Å². The van der Waals surface area contributed by atoms with Crippen LogP contribution in [0.2, 0.25) is 0 Å². The summed E-state index contributed by atoms with van der Waals surface area (Å²) >= 11 is 0. The lowest BCUT2D eigenvalue weighted by Crippen LogP contribution is -2.61. The van der Waals surface area contributed by atoms with Crippen LogP contribution in [0.1, 0.15) is 86.8 Å². The van der Waals surface area contributed by atoms with Crippen LogP contribution >= 0.6 is 0 Å². The number of hydrogen-bond donors (Lipinski definition) is 2. The van der Waals surface area contributed by atoms with Crippen LogP contribution in [0.15, 0.2) is 42.5 Å². The topological polar surface area (TPSA) is 139 Å². The van der Waals surface area contributed by atoms with E-state index in [-0.39, 0.29) is 29.7 Å². The van der Waals surface area contributed by atoms with Crippen molar-refractivity contribution in [1.29, 1.82) is 5.26 Å². The van der Waals surface area contributed by atoms with Gasteiger partial charge >= 0.3 is 6.09 Å². The predicted octanol–water partition coefficient (Wildman–Crippen LogP) is 5.90. The Balaban J connectivity index is 1.02. The zero-order valence-electron chi connectivity index (χ0n) is 28.8. The summed E-state index contributed by atoms with van der Waals surface area (Å²) in [6, 6.07) is 14.2. The molecule has 3 heterocycles. The first-order valence-electron chi connectivity index (χ1n) is 17.1. The molecular formula is C37H46FN7O4. The molecule has 1 aliphatic carbocycles. The number of carbonyl (C=O) groups is 2. The number of likely N-dealkylation sites (tertiary alicyclic amines) is 2. The van der Waals surface area contributed by atoms with Gasteiger partial charge in [0.15, 0.2) is 0 Å². The lowest BCUT2D eigenvalue weighted by molar-refractivity contribution is -0.0599. The molecule has 0 radical (unpaired) electrons. The highest BCUT2D eigenvalue weighted by Gasteiger charge is 2.48. The van der Waals surface area contributed by atoms with Crippen LogP contribution in [-0.2, 0) is 11.3 Å². The minimum atomic E-state index is -0.519. The number of piperidine rings is 1. The van der Waals surface area contributed by atoms with Crippen molar-refractivity contribution in [1.82, 2.24) is 24.9 Å². The number of amides is 2. The number of halogens is 1. The Labute approximate surface area is 287 Å². The number of nitrogens with two attached hydrogens (primary N) is 1. The third kappa shape index (κ3) is 7.37. The highest BCUT2D eigenvalue weighted by Crippen LogP contribution is 2.46. The first-order valence-corrected chi connectivity index (χ1v) is 17.1.